The minimum Gasteiger partial charge on any atom is -0.361 e. The maximum absolute atomic E-state index is 12.8. The van der Waals surface area contributed by atoms with Crippen LogP contribution in [-0.4, -0.2) is 55.1 Å². The molecule has 0 amide bonds. The number of hydrogen-bond acceptors (Lipinski definition) is 7. The third-order valence-electron chi connectivity index (χ3n) is 4.63. The molecule has 1 fully saturated rings. The van der Waals surface area contributed by atoms with Gasteiger partial charge in [0.1, 0.15) is 11.5 Å². The van der Waals surface area contributed by atoms with Crippen molar-refractivity contribution in [3.05, 3.63) is 18.2 Å². The molecule has 0 aromatic carbocycles. The van der Waals surface area contributed by atoms with E-state index >= 15 is 0 Å². The average Bonchev–Trinajstić information content (AvgIpc) is 3.04. The van der Waals surface area contributed by atoms with E-state index in [0.717, 1.165) is 25.9 Å². The van der Waals surface area contributed by atoms with E-state index in [4.69, 9.17) is 0 Å². The van der Waals surface area contributed by atoms with Gasteiger partial charge in [0.25, 0.3) is 10.0 Å². The summed E-state index contributed by atoms with van der Waals surface area (Å²) >= 11 is 0. The van der Waals surface area contributed by atoms with E-state index in [0.29, 0.717) is 29.8 Å². The van der Waals surface area contributed by atoms with Crippen LogP contribution in [0.5, 0.6) is 0 Å². The molecule has 2 aromatic heterocycles. The Morgan fingerprint density at radius 3 is 2.48 bits per heavy atom. The normalized spacial score (nSPS) is 15.0. The zero-order valence-corrected chi connectivity index (χ0v) is 17.1. The van der Waals surface area contributed by atoms with E-state index in [1.807, 2.05) is 21.0 Å². The third-order valence-corrected chi connectivity index (χ3v) is 5.87. The van der Waals surface area contributed by atoms with E-state index in [-0.39, 0.29) is 5.03 Å². The van der Waals surface area contributed by atoms with Crippen LogP contribution in [0.3, 0.4) is 0 Å². The summed E-state index contributed by atoms with van der Waals surface area (Å²) < 4.78 is 29.9. The lowest BCUT2D eigenvalue weighted by Crippen LogP contribution is -2.31. The first-order valence-electron chi connectivity index (χ1n) is 9.17. The molecule has 3 rings (SSSR count). The van der Waals surface area contributed by atoms with Crippen molar-refractivity contribution in [3.63, 3.8) is 0 Å². The second kappa shape index (κ2) is 7.71. The van der Waals surface area contributed by atoms with Crippen molar-refractivity contribution in [3.8, 4) is 0 Å². The molecule has 27 heavy (non-hydrogen) atoms. The first-order chi connectivity index (χ1) is 12.8. The zero-order valence-electron chi connectivity index (χ0n) is 16.3. The number of imidazole rings is 1. The van der Waals surface area contributed by atoms with Crippen molar-refractivity contribution in [2.75, 3.05) is 41.7 Å². The molecule has 0 spiro atoms. The Kier molecular flexibility index (Phi) is 5.54. The van der Waals surface area contributed by atoms with Gasteiger partial charge >= 0.3 is 0 Å². The first-order valence-corrected chi connectivity index (χ1v) is 10.7. The maximum atomic E-state index is 12.8. The SMILES string of the molecule is CCn1cc(S(=O)(=O)Nc2cnc(N3CCCCC3)nc2N(C)C)nc1C. The Bertz CT molecular complexity index is 902. The van der Waals surface area contributed by atoms with E-state index < -0.39 is 10.0 Å². The Labute approximate surface area is 160 Å². The highest BCUT2D eigenvalue weighted by Crippen LogP contribution is 2.27. The van der Waals surface area contributed by atoms with Gasteiger partial charge in [0, 0.05) is 39.9 Å². The molecule has 0 saturated carbocycles. The fourth-order valence-electron chi connectivity index (χ4n) is 3.15. The molecule has 0 aliphatic carbocycles. The monoisotopic (exact) mass is 393 g/mol. The fourth-order valence-corrected chi connectivity index (χ4v) is 4.21. The third kappa shape index (κ3) is 4.15. The number of rotatable bonds is 6. The molecule has 3 heterocycles. The van der Waals surface area contributed by atoms with Gasteiger partial charge in [-0.25, -0.2) is 9.97 Å². The van der Waals surface area contributed by atoms with Gasteiger partial charge < -0.3 is 14.4 Å². The number of piperidine rings is 1. The highest BCUT2D eigenvalue weighted by Gasteiger charge is 2.23. The van der Waals surface area contributed by atoms with Gasteiger partial charge in [-0.05, 0) is 33.1 Å². The van der Waals surface area contributed by atoms with Gasteiger partial charge in [0.2, 0.25) is 5.95 Å². The lowest BCUT2D eigenvalue weighted by molar-refractivity contribution is 0.568. The van der Waals surface area contributed by atoms with Crippen LogP contribution in [0, 0.1) is 6.92 Å². The summed E-state index contributed by atoms with van der Waals surface area (Å²) in [6.07, 6.45) is 6.53. The quantitative estimate of drug-likeness (QED) is 0.800. The molecule has 0 unspecified atom stereocenters. The van der Waals surface area contributed by atoms with Gasteiger partial charge in [0.15, 0.2) is 10.8 Å². The number of aromatic nitrogens is 4. The molecule has 1 aliphatic rings. The molecule has 1 N–H and O–H groups in total. The van der Waals surface area contributed by atoms with Gasteiger partial charge in [-0.15, -0.1) is 0 Å². The maximum Gasteiger partial charge on any atom is 0.281 e. The van der Waals surface area contributed by atoms with E-state index in [1.54, 1.807) is 16.4 Å². The van der Waals surface area contributed by atoms with Crippen LogP contribution < -0.4 is 14.5 Å². The van der Waals surface area contributed by atoms with Crippen LogP contribution in [0.2, 0.25) is 0 Å². The fraction of sp³-hybridized carbons (Fsp3) is 0.588. The topological polar surface area (TPSA) is 96.2 Å². The minimum absolute atomic E-state index is 0.00772. The van der Waals surface area contributed by atoms with Crippen LogP contribution in [0.15, 0.2) is 17.4 Å². The summed E-state index contributed by atoms with van der Waals surface area (Å²) in [6.45, 7) is 6.22. The largest absolute Gasteiger partial charge is 0.361 e. The number of anilines is 3. The van der Waals surface area contributed by atoms with Crippen LogP contribution in [0.4, 0.5) is 17.5 Å². The highest BCUT2D eigenvalue weighted by molar-refractivity contribution is 7.92. The number of sulfonamides is 1. The molecule has 0 radical (unpaired) electrons. The Morgan fingerprint density at radius 1 is 1.19 bits per heavy atom. The van der Waals surface area contributed by atoms with E-state index in [1.165, 1.54) is 18.8 Å². The molecule has 1 saturated heterocycles. The zero-order chi connectivity index (χ0) is 19.6. The second-order valence-electron chi connectivity index (χ2n) is 6.87. The average molecular weight is 394 g/mol. The van der Waals surface area contributed by atoms with Crippen molar-refractivity contribution in [2.24, 2.45) is 0 Å². The summed E-state index contributed by atoms with van der Waals surface area (Å²) in [7, 11) is -0.162. The van der Waals surface area contributed by atoms with E-state index in [9.17, 15) is 8.42 Å². The summed E-state index contributed by atoms with van der Waals surface area (Å²) in [6, 6.07) is 0. The molecular formula is C17H27N7O2S. The summed E-state index contributed by atoms with van der Waals surface area (Å²) in [5.74, 6) is 1.82. The molecule has 10 heteroatoms. The number of aryl methyl sites for hydroxylation is 2. The molecule has 9 nitrogen and oxygen atoms in total. The predicted molar refractivity (Wildman–Crippen MR) is 106 cm³/mol. The van der Waals surface area contributed by atoms with E-state index in [2.05, 4.69) is 24.6 Å². The number of nitrogens with zero attached hydrogens (tertiary/aromatic N) is 6. The van der Waals surface area contributed by atoms with Crippen molar-refractivity contribution < 1.29 is 8.42 Å². The van der Waals surface area contributed by atoms with Crippen molar-refractivity contribution in [1.82, 2.24) is 19.5 Å². The number of hydrogen-bond donors (Lipinski definition) is 1. The first kappa shape index (κ1) is 19.4. The van der Waals surface area contributed by atoms with Gasteiger partial charge in [-0.1, -0.05) is 0 Å². The predicted octanol–water partition coefficient (Wildman–Crippen LogP) is 1.86. The smallest absolute Gasteiger partial charge is 0.281 e. The lowest BCUT2D eigenvalue weighted by atomic mass is 10.1. The van der Waals surface area contributed by atoms with Crippen LogP contribution in [0.25, 0.3) is 0 Å². The van der Waals surface area contributed by atoms with Crippen LogP contribution in [0.1, 0.15) is 32.0 Å². The highest BCUT2D eigenvalue weighted by atomic mass is 32.2. The second-order valence-corrected chi connectivity index (χ2v) is 8.50. The van der Waals surface area contributed by atoms with Gasteiger partial charge in [0.05, 0.1) is 6.20 Å². The Hall–Kier alpha value is -2.36. The molecule has 0 bridgehead atoms. The Balaban J connectivity index is 1.90. The van der Waals surface area contributed by atoms with Crippen molar-refractivity contribution >= 4 is 27.5 Å². The Morgan fingerprint density at radius 2 is 1.89 bits per heavy atom. The van der Waals surface area contributed by atoms with Crippen LogP contribution >= 0.6 is 0 Å². The lowest BCUT2D eigenvalue weighted by Gasteiger charge is -2.28. The number of nitrogens with one attached hydrogen (secondary N) is 1. The van der Waals surface area contributed by atoms with Gasteiger partial charge in [-0.3, -0.25) is 4.72 Å². The van der Waals surface area contributed by atoms with Crippen LogP contribution in [-0.2, 0) is 16.6 Å². The summed E-state index contributed by atoms with van der Waals surface area (Å²) in [5, 5.41) is -0.00772. The van der Waals surface area contributed by atoms with Gasteiger partial charge in [-0.2, -0.15) is 13.4 Å². The summed E-state index contributed by atoms with van der Waals surface area (Å²) in [4.78, 5) is 17.1. The molecule has 1 aliphatic heterocycles. The molecule has 0 atom stereocenters. The molecule has 148 valence electrons. The standard InChI is InChI=1S/C17H27N7O2S/c1-5-23-12-15(19-13(23)2)27(25,26)21-14-11-18-17(20-16(14)22(3)4)24-9-7-6-8-10-24/h11-12,21H,5-10H2,1-4H3. The van der Waals surface area contributed by atoms with Crippen molar-refractivity contribution in [2.45, 2.75) is 44.7 Å². The molecule has 2 aromatic rings. The summed E-state index contributed by atoms with van der Waals surface area (Å²) in [5.41, 5.74) is 0.337. The minimum atomic E-state index is -3.82. The molecular weight excluding hydrogens is 366 g/mol. The van der Waals surface area contributed by atoms with Crippen molar-refractivity contribution in [1.29, 1.82) is 0 Å².